The van der Waals surface area contributed by atoms with Crippen molar-refractivity contribution >= 4 is 29.5 Å². The number of hydrogen-bond acceptors (Lipinski definition) is 5. The van der Waals surface area contributed by atoms with Gasteiger partial charge < -0.3 is 16.8 Å². The molecule has 4 nitrogen and oxygen atoms in total. The Kier molecular flexibility index (Phi) is 34.0. The zero-order valence-electron chi connectivity index (χ0n) is 12.9. The van der Waals surface area contributed by atoms with Gasteiger partial charge in [-0.25, -0.2) is 0 Å². The summed E-state index contributed by atoms with van der Waals surface area (Å²) in [5.41, 5.74) is 10.4. The van der Waals surface area contributed by atoms with Crippen LogP contribution in [0.3, 0.4) is 0 Å². The van der Waals surface area contributed by atoms with Crippen molar-refractivity contribution in [3.8, 4) is 0 Å². The van der Waals surface area contributed by atoms with Gasteiger partial charge >= 0.3 is 0 Å². The number of rotatable bonds is 9. The zero-order valence-corrected chi connectivity index (χ0v) is 13.8. The molecule has 1 unspecified atom stereocenters. The van der Waals surface area contributed by atoms with E-state index in [0.29, 0.717) is 12.6 Å². The maximum absolute atomic E-state index is 5.42. The number of nitrogens with one attached hydrogen (secondary N) is 1. The number of hydrogen-bond donors (Lipinski definition) is 4. The van der Waals surface area contributed by atoms with Gasteiger partial charge in [0.05, 0.1) is 0 Å². The van der Waals surface area contributed by atoms with E-state index in [1.165, 1.54) is 6.42 Å². The molecule has 112 valence electrons. The normalized spacial score (nSPS) is 10.9. The lowest BCUT2D eigenvalue weighted by Gasteiger charge is -2.28. The molecule has 0 aliphatic carbocycles. The van der Waals surface area contributed by atoms with Crippen molar-refractivity contribution in [1.29, 1.82) is 0 Å². The van der Waals surface area contributed by atoms with Gasteiger partial charge in [0, 0.05) is 54.8 Å². The first-order valence-corrected chi connectivity index (χ1v) is 7.30. The Morgan fingerprint density at radius 3 is 1.79 bits per heavy atom. The Morgan fingerprint density at radius 2 is 1.53 bits per heavy atom. The molecule has 0 rings (SSSR count). The average Bonchev–Trinajstić information content (AvgIpc) is 2.38. The van der Waals surface area contributed by atoms with Gasteiger partial charge in [0.2, 0.25) is 0 Å². The van der Waals surface area contributed by atoms with E-state index in [1.807, 2.05) is 0 Å². The molecular formula is C12H32B2N4S. The molecule has 0 aliphatic rings. The predicted octanol–water partition coefficient (Wildman–Crippen LogP) is -0.232. The quantitative estimate of drug-likeness (QED) is 0.268. The van der Waals surface area contributed by atoms with Crippen molar-refractivity contribution in [1.82, 2.24) is 10.2 Å². The van der Waals surface area contributed by atoms with Crippen molar-refractivity contribution in [2.75, 3.05) is 45.0 Å². The highest BCUT2D eigenvalue weighted by Gasteiger charge is 2.11. The summed E-state index contributed by atoms with van der Waals surface area (Å²) in [6.45, 7) is 12.4. The van der Waals surface area contributed by atoms with Gasteiger partial charge in [0.1, 0.15) is 0 Å². The van der Waals surface area contributed by atoms with Gasteiger partial charge in [-0.3, -0.25) is 4.90 Å². The van der Waals surface area contributed by atoms with E-state index < -0.39 is 0 Å². The average molecular weight is 286 g/mol. The molecule has 7 heteroatoms. The van der Waals surface area contributed by atoms with Crippen LogP contribution in [0, 0.1) is 0 Å². The molecule has 0 aliphatic heterocycles. The summed E-state index contributed by atoms with van der Waals surface area (Å²) < 4.78 is 0. The van der Waals surface area contributed by atoms with Crippen molar-refractivity contribution in [3.63, 3.8) is 0 Å². The Morgan fingerprint density at radius 1 is 1.05 bits per heavy atom. The van der Waals surface area contributed by atoms with Crippen LogP contribution < -0.4 is 16.8 Å². The van der Waals surface area contributed by atoms with Crippen LogP contribution >= 0.6 is 12.6 Å². The highest BCUT2D eigenvalue weighted by molar-refractivity contribution is 7.80. The second-order valence-electron chi connectivity index (χ2n) is 3.79. The summed E-state index contributed by atoms with van der Waals surface area (Å²) in [5.74, 6) is 0.792. The fourth-order valence-corrected chi connectivity index (χ4v) is 1.64. The van der Waals surface area contributed by atoms with Gasteiger partial charge in [-0.15, -0.1) is 0 Å². The van der Waals surface area contributed by atoms with E-state index >= 15 is 0 Å². The largest absolute Gasteiger partial charge is 0.330 e. The first-order chi connectivity index (χ1) is 8.21. The van der Waals surface area contributed by atoms with Crippen LogP contribution in [-0.4, -0.2) is 72.8 Å². The maximum atomic E-state index is 5.42. The minimum atomic E-state index is 0. The van der Waals surface area contributed by atoms with Gasteiger partial charge in [0.15, 0.2) is 0 Å². The number of thiol groups is 1. The third kappa shape index (κ3) is 18.3. The number of nitrogens with two attached hydrogens (primary N) is 2. The SMILES string of the molecule is CCC(CNCCN)N(CC)CC.NCCS.[B].[B]. The van der Waals surface area contributed by atoms with Crippen molar-refractivity contribution in [3.05, 3.63) is 0 Å². The minimum absolute atomic E-state index is 0. The third-order valence-corrected chi connectivity index (χ3v) is 2.89. The van der Waals surface area contributed by atoms with Crippen LogP contribution in [0.5, 0.6) is 0 Å². The van der Waals surface area contributed by atoms with Gasteiger partial charge in [0.25, 0.3) is 0 Å². The summed E-state index contributed by atoms with van der Waals surface area (Å²) in [4.78, 5) is 2.49. The van der Waals surface area contributed by atoms with Crippen molar-refractivity contribution in [2.24, 2.45) is 11.5 Å². The number of likely N-dealkylation sites (N-methyl/N-ethyl adjacent to an activating group) is 1. The predicted molar refractivity (Wildman–Crippen MR) is 93.3 cm³/mol. The molecule has 19 heavy (non-hydrogen) atoms. The lowest BCUT2D eigenvalue weighted by molar-refractivity contribution is 0.206. The highest BCUT2D eigenvalue weighted by Crippen LogP contribution is 2.01. The van der Waals surface area contributed by atoms with E-state index in [2.05, 4.69) is 43.6 Å². The van der Waals surface area contributed by atoms with Crippen LogP contribution in [0.15, 0.2) is 0 Å². The third-order valence-electron chi connectivity index (χ3n) is 2.63. The van der Waals surface area contributed by atoms with Crippen LogP contribution in [0.2, 0.25) is 0 Å². The molecule has 0 amide bonds. The zero-order chi connectivity index (χ0) is 13.5. The van der Waals surface area contributed by atoms with E-state index in [4.69, 9.17) is 11.5 Å². The summed E-state index contributed by atoms with van der Waals surface area (Å²) in [7, 11) is 0. The van der Waals surface area contributed by atoms with E-state index in [1.54, 1.807) is 0 Å². The smallest absolute Gasteiger partial charge is 0.0217 e. The Labute approximate surface area is 130 Å². The summed E-state index contributed by atoms with van der Waals surface area (Å²) in [5, 5.41) is 3.37. The van der Waals surface area contributed by atoms with Gasteiger partial charge in [-0.1, -0.05) is 20.8 Å². The Hall–Kier alpha value is 0.320. The lowest BCUT2D eigenvalue weighted by atomic mass is 10.2. The summed E-state index contributed by atoms with van der Waals surface area (Å²) in [6, 6.07) is 0.668. The van der Waals surface area contributed by atoms with Crippen LogP contribution in [0.25, 0.3) is 0 Å². The molecule has 0 aromatic heterocycles. The molecule has 1 atom stereocenters. The van der Waals surface area contributed by atoms with Crippen LogP contribution in [0.1, 0.15) is 27.2 Å². The first-order valence-electron chi connectivity index (χ1n) is 6.67. The second-order valence-corrected chi connectivity index (χ2v) is 4.24. The van der Waals surface area contributed by atoms with E-state index in [0.717, 1.165) is 38.5 Å². The van der Waals surface area contributed by atoms with Crippen LogP contribution in [0.4, 0.5) is 0 Å². The standard InChI is InChI=1S/C10H25N3.C2H7NS.2B/c1-4-10(9-12-8-7-11)13(5-2)6-3;3-1-2-4;;/h10,12H,4-9,11H2,1-3H3;4H,1-3H2;;. The topological polar surface area (TPSA) is 67.3 Å². The summed E-state index contributed by atoms with van der Waals surface area (Å²) >= 11 is 3.80. The fourth-order valence-electron chi connectivity index (χ4n) is 1.64. The van der Waals surface area contributed by atoms with E-state index in [9.17, 15) is 0 Å². The van der Waals surface area contributed by atoms with Gasteiger partial charge in [-0.05, 0) is 19.5 Å². The van der Waals surface area contributed by atoms with Crippen molar-refractivity contribution < 1.29 is 0 Å². The number of nitrogens with zero attached hydrogens (tertiary/aromatic N) is 1. The molecule has 0 saturated heterocycles. The van der Waals surface area contributed by atoms with Crippen LogP contribution in [-0.2, 0) is 0 Å². The lowest BCUT2D eigenvalue weighted by Crippen LogP contribution is -2.42. The minimum Gasteiger partial charge on any atom is -0.330 e. The molecule has 0 spiro atoms. The second kappa shape index (κ2) is 23.4. The molecular weight excluding hydrogens is 254 g/mol. The molecule has 6 radical (unpaired) electrons. The monoisotopic (exact) mass is 286 g/mol. The molecule has 5 N–H and O–H groups in total. The van der Waals surface area contributed by atoms with Gasteiger partial charge in [-0.2, -0.15) is 12.6 Å². The highest BCUT2D eigenvalue weighted by atomic mass is 32.1. The first kappa shape index (κ1) is 27.6. The Balaban J connectivity index is -0.000000165. The molecule has 0 heterocycles. The maximum Gasteiger partial charge on any atom is 0.0217 e. The van der Waals surface area contributed by atoms with Crippen molar-refractivity contribution in [2.45, 2.75) is 33.2 Å². The van der Waals surface area contributed by atoms with E-state index in [-0.39, 0.29) is 16.8 Å². The summed E-state index contributed by atoms with van der Waals surface area (Å²) in [6.07, 6.45) is 1.21. The molecule has 0 bridgehead atoms. The Bertz CT molecular complexity index is 139. The molecule has 0 aromatic rings. The molecule has 0 aromatic carbocycles. The molecule has 0 fully saturated rings. The fraction of sp³-hybridized carbons (Fsp3) is 1.00. The molecule has 0 saturated carbocycles.